The molecule has 0 bridgehead atoms. The summed E-state index contributed by atoms with van der Waals surface area (Å²) in [5.74, 6) is 2.73. The lowest BCUT2D eigenvalue weighted by molar-refractivity contribution is 0.166. The molecule has 1 fully saturated rings. The molecule has 0 aromatic carbocycles. The molecule has 19 heavy (non-hydrogen) atoms. The molecule has 0 unspecified atom stereocenters. The van der Waals surface area contributed by atoms with Crippen LogP contribution in [0.5, 0.6) is 0 Å². The van der Waals surface area contributed by atoms with Crippen LogP contribution in [0, 0.1) is 11.3 Å². The molecule has 2 rings (SSSR count). The van der Waals surface area contributed by atoms with Gasteiger partial charge in [-0.25, -0.2) is 0 Å². The SMILES string of the molecule is CC[C@@H](N)c1nc(C2CCC(C(C)(C)C)CC2)no1. The van der Waals surface area contributed by atoms with E-state index < -0.39 is 0 Å². The highest BCUT2D eigenvalue weighted by Crippen LogP contribution is 2.42. The fourth-order valence-electron chi connectivity index (χ4n) is 2.96. The minimum absolute atomic E-state index is 0.118. The van der Waals surface area contributed by atoms with E-state index in [0.29, 0.717) is 17.2 Å². The maximum absolute atomic E-state index is 5.92. The maximum atomic E-state index is 5.92. The Morgan fingerprint density at radius 1 is 1.26 bits per heavy atom. The third-order valence-electron chi connectivity index (χ3n) is 4.53. The smallest absolute Gasteiger partial charge is 0.243 e. The molecule has 0 saturated heterocycles. The van der Waals surface area contributed by atoms with E-state index in [1.54, 1.807) is 0 Å². The van der Waals surface area contributed by atoms with Gasteiger partial charge in [-0.05, 0) is 43.4 Å². The summed E-state index contributed by atoms with van der Waals surface area (Å²) in [7, 11) is 0. The number of rotatable bonds is 3. The average molecular weight is 265 g/mol. The molecule has 0 radical (unpaired) electrons. The van der Waals surface area contributed by atoms with Gasteiger partial charge in [0.1, 0.15) is 0 Å². The summed E-state index contributed by atoms with van der Waals surface area (Å²) < 4.78 is 5.28. The predicted molar refractivity (Wildman–Crippen MR) is 75.7 cm³/mol. The van der Waals surface area contributed by atoms with Gasteiger partial charge in [-0.15, -0.1) is 0 Å². The Morgan fingerprint density at radius 2 is 1.89 bits per heavy atom. The van der Waals surface area contributed by atoms with E-state index in [-0.39, 0.29) is 6.04 Å². The summed E-state index contributed by atoms with van der Waals surface area (Å²) >= 11 is 0. The van der Waals surface area contributed by atoms with Crippen LogP contribution in [0.15, 0.2) is 4.52 Å². The van der Waals surface area contributed by atoms with Gasteiger partial charge in [0.25, 0.3) is 0 Å². The summed E-state index contributed by atoms with van der Waals surface area (Å²) in [5, 5.41) is 4.13. The Morgan fingerprint density at radius 3 is 2.42 bits per heavy atom. The van der Waals surface area contributed by atoms with Gasteiger partial charge in [-0.3, -0.25) is 0 Å². The molecule has 2 N–H and O–H groups in total. The first-order chi connectivity index (χ1) is 8.91. The number of hydrogen-bond donors (Lipinski definition) is 1. The largest absolute Gasteiger partial charge is 0.338 e. The van der Waals surface area contributed by atoms with Crippen molar-refractivity contribution in [2.45, 2.75) is 71.8 Å². The quantitative estimate of drug-likeness (QED) is 0.902. The van der Waals surface area contributed by atoms with Gasteiger partial charge in [0.15, 0.2) is 5.82 Å². The molecule has 1 aromatic heterocycles. The van der Waals surface area contributed by atoms with Crippen molar-refractivity contribution in [1.82, 2.24) is 10.1 Å². The van der Waals surface area contributed by atoms with Crippen molar-refractivity contribution in [2.75, 3.05) is 0 Å². The van der Waals surface area contributed by atoms with Crippen molar-refractivity contribution in [2.24, 2.45) is 17.1 Å². The first-order valence-electron chi connectivity index (χ1n) is 7.51. The highest BCUT2D eigenvalue weighted by molar-refractivity contribution is 5.00. The van der Waals surface area contributed by atoms with Crippen molar-refractivity contribution in [3.05, 3.63) is 11.7 Å². The van der Waals surface area contributed by atoms with E-state index in [9.17, 15) is 0 Å². The molecular weight excluding hydrogens is 238 g/mol. The molecule has 108 valence electrons. The van der Waals surface area contributed by atoms with Gasteiger partial charge in [0.2, 0.25) is 5.89 Å². The van der Waals surface area contributed by atoms with Crippen LogP contribution in [0.2, 0.25) is 0 Å². The molecule has 0 aliphatic heterocycles. The number of hydrogen-bond acceptors (Lipinski definition) is 4. The van der Waals surface area contributed by atoms with Crippen LogP contribution in [0.3, 0.4) is 0 Å². The Hall–Kier alpha value is -0.900. The second kappa shape index (κ2) is 5.61. The second-order valence-electron chi connectivity index (χ2n) is 6.92. The molecule has 1 aliphatic rings. The lowest BCUT2D eigenvalue weighted by atomic mass is 9.70. The van der Waals surface area contributed by atoms with Gasteiger partial charge < -0.3 is 10.3 Å². The molecule has 1 saturated carbocycles. The van der Waals surface area contributed by atoms with Crippen molar-refractivity contribution in [3.63, 3.8) is 0 Å². The standard InChI is InChI=1S/C15H27N3O/c1-5-12(16)14-17-13(18-19-14)10-6-8-11(9-7-10)15(2,3)4/h10-12H,5-9,16H2,1-4H3/t10?,11?,12-/m1/s1. The minimum atomic E-state index is -0.118. The van der Waals surface area contributed by atoms with E-state index in [4.69, 9.17) is 10.3 Å². The van der Waals surface area contributed by atoms with Crippen molar-refractivity contribution in [3.8, 4) is 0 Å². The number of nitrogens with two attached hydrogens (primary N) is 1. The summed E-state index contributed by atoms with van der Waals surface area (Å²) in [6, 6.07) is -0.118. The molecule has 0 amide bonds. The van der Waals surface area contributed by atoms with E-state index in [1.165, 1.54) is 25.7 Å². The van der Waals surface area contributed by atoms with Crippen molar-refractivity contribution < 1.29 is 4.52 Å². The van der Waals surface area contributed by atoms with E-state index in [1.807, 2.05) is 6.92 Å². The van der Waals surface area contributed by atoms with E-state index in [0.717, 1.165) is 18.2 Å². The third kappa shape index (κ3) is 3.35. The molecule has 1 aromatic rings. The van der Waals surface area contributed by atoms with Crippen molar-refractivity contribution in [1.29, 1.82) is 0 Å². The lowest BCUT2D eigenvalue weighted by Gasteiger charge is -2.36. The van der Waals surface area contributed by atoms with Crippen LogP contribution >= 0.6 is 0 Å². The lowest BCUT2D eigenvalue weighted by Crippen LogP contribution is -2.25. The van der Waals surface area contributed by atoms with Crippen LogP contribution in [-0.2, 0) is 0 Å². The first kappa shape index (κ1) is 14.5. The third-order valence-corrected chi connectivity index (χ3v) is 4.53. The van der Waals surface area contributed by atoms with Crippen LogP contribution in [-0.4, -0.2) is 10.1 Å². The average Bonchev–Trinajstić information content (AvgIpc) is 2.86. The van der Waals surface area contributed by atoms with Gasteiger partial charge in [0, 0.05) is 5.92 Å². The molecular formula is C15H27N3O. The summed E-state index contributed by atoms with van der Waals surface area (Å²) in [4.78, 5) is 4.49. The van der Waals surface area contributed by atoms with E-state index in [2.05, 4.69) is 30.9 Å². The summed E-state index contributed by atoms with van der Waals surface area (Å²) in [5.41, 5.74) is 6.33. The Kier molecular flexibility index (Phi) is 4.29. The molecule has 0 spiro atoms. The highest BCUT2D eigenvalue weighted by atomic mass is 16.5. The van der Waals surface area contributed by atoms with Crippen LogP contribution in [0.1, 0.15) is 83.5 Å². The van der Waals surface area contributed by atoms with Crippen LogP contribution in [0.4, 0.5) is 0 Å². The molecule has 1 atom stereocenters. The van der Waals surface area contributed by atoms with E-state index >= 15 is 0 Å². The number of aromatic nitrogens is 2. The Bertz CT molecular complexity index is 400. The van der Waals surface area contributed by atoms with Gasteiger partial charge >= 0.3 is 0 Å². The number of nitrogens with zero attached hydrogens (tertiary/aromatic N) is 2. The zero-order valence-corrected chi connectivity index (χ0v) is 12.6. The monoisotopic (exact) mass is 265 g/mol. The Labute approximate surface area is 116 Å². The summed E-state index contributed by atoms with van der Waals surface area (Å²) in [6.45, 7) is 9.04. The minimum Gasteiger partial charge on any atom is -0.338 e. The van der Waals surface area contributed by atoms with Gasteiger partial charge in [0.05, 0.1) is 6.04 Å². The predicted octanol–water partition coefficient (Wildman–Crippen LogP) is 3.80. The molecule has 1 heterocycles. The zero-order chi connectivity index (χ0) is 14.0. The zero-order valence-electron chi connectivity index (χ0n) is 12.6. The Balaban J connectivity index is 1.96. The fraction of sp³-hybridized carbons (Fsp3) is 0.867. The normalized spacial score (nSPS) is 26.4. The fourth-order valence-corrected chi connectivity index (χ4v) is 2.96. The van der Waals surface area contributed by atoms with Gasteiger partial charge in [-0.1, -0.05) is 32.9 Å². The van der Waals surface area contributed by atoms with Crippen LogP contribution < -0.4 is 5.73 Å². The van der Waals surface area contributed by atoms with Crippen molar-refractivity contribution >= 4 is 0 Å². The second-order valence-corrected chi connectivity index (χ2v) is 6.92. The maximum Gasteiger partial charge on any atom is 0.243 e. The topological polar surface area (TPSA) is 64.9 Å². The van der Waals surface area contributed by atoms with Crippen LogP contribution in [0.25, 0.3) is 0 Å². The first-order valence-corrected chi connectivity index (χ1v) is 7.51. The highest BCUT2D eigenvalue weighted by Gasteiger charge is 2.32. The molecule has 1 aliphatic carbocycles. The molecule has 4 heteroatoms. The van der Waals surface area contributed by atoms with Gasteiger partial charge in [-0.2, -0.15) is 4.98 Å². The summed E-state index contributed by atoms with van der Waals surface area (Å²) in [6.07, 6.45) is 5.69. The molecule has 4 nitrogen and oxygen atoms in total.